The number of hydrogen-bond acceptors (Lipinski definition) is 5. The molecule has 0 saturated heterocycles. The average Bonchev–Trinajstić information content (AvgIpc) is 2.60. The normalized spacial score (nSPS) is 11.8. The standard InChI is InChI=1S/C15H8ClF6N3O3/c16-11-10(23)5-9(6-24-11)25(28-13(27)15(20,21)22)12(26)7-2-1-3-8(4-7)14(17,18)19/h1-6H,23H2. The minimum atomic E-state index is -5.49. The van der Waals surface area contributed by atoms with Crippen LogP contribution in [0.25, 0.3) is 0 Å². The topological polar surface area (TPSA) is 85.5 Å². The molecule has 2 N–H and O–H groups in total. The van der Waals surface area contributed by atoms with Gasteiger partial charge in [-0.2, -0.15) is 26.3 Å². The van der Waals surface area contributed by atoms with Crippen molar-refractivity contribution < 1.29 is 40.8 Å². The number of hydroxylamine groups is 1. The predicted octanol–water partition coefficient (Wildman–Crippen LogP) is 4.00. The summed E-state index contributed by atoms with van der Waals surface area (Å²) in [4.78, 5) is 31.2. The monoisotopic (exact) mass is 427 g/mol. The van der Waals surface area contributed by atoms with E-state index in [1.54, 1.807) is 0 Å². The van der Waals surface area contributed by atoms with Gasteiger partial charge in [0.15, 0.2) is 5.15 Å². The predicted molar refractivity (Wildman–Crippen MR) is 84.1 cm³/mol. The Labute approximate surface area is 157 Å². The molecule has 150 valence electrons. The molecule has 13 heteroatoms. The van der Waals surface area contributed by atoms with Crippen LogP contribution in [0.4, 0.5) is 37.7 Å². The summed E-state index contributed by atoms with van der Waals surface area (Å²) >= 11 is 5.58. The average molecular weight is 428 g/mol. The number of carbonyl (C=O) groups excluding carboxylic acids is 2. The van der Waals surface area contributed by atoms with E-state index in [0.29, 0.717) is 12.1 Å². The molecule has 0 radical (unpaired) electrons. The van der Waals surface area contributed by atoms with E-state index in [9.17, 15) is 35.9 Å². The molecule has 0 bridgehead atoms. The van der Waals surface area contributed by atoms with Gasteiger partial charge in [0.05, 0.1) is 17.4 Å². The highest BCUT2D eigenvalue weighted by atomic mass is 35.5. The number of aromatic nitrogens is 1. The van der Waals surface area contributed by atoms with Gasteiger partial charge >= 0.3 is 18.3 Å². The lowest BCUT2D eigenvalue weighted by atomic mass is 10.1. The molecule has 0 aliphatic rings. The van der Waals surface area contributed by atoms with Crippen molar-refractivity contribution in [2.45, 2.75) is 12.4 Å². The Hall–Kier alpha value is -3.02. The molecule has 0 atom stereocenters. The highest BCUT2D eigenvalue weighted by Crippen LogP contribution is 2.31. The molecule has 0 aliphatic heterocycles. The number of pyridine rings is 1. The van der Waals surface area contributed by atoms with Gasteiger partial charge in [-0.25, -0.2) is 9.78 Å². The number of nitrogen functional groups attached to an aromatic ring is 1. The summed E-state index contributed by atoms with van der Waals surface area (Å²) in [5.41, 5.74) is 2.64. The Morgan fingerprint density at radius 2 is 1.75 bits per heavy atom. The molecule has 2 aromatic rings. The van der Waals surface area contributed by atoms with Gasteiger partial charge < -0.3 is 10.6 Å². The highest BCUT2D eigenvalue weighted by Gasteiger charge is 2.44. The summed E-state index contributed by atoms with van der Waals surface area (Å²) in [7, 11) is 0. The molecule has 0 spiro atoms. The molecular weight excluding hydrogens is 420 g/mol. The molecule has 1 aromatic carbocycles. The first-order valence-electron chi connectivity index (χ1n) is 7.02. The molecule has 0 saturated carbocycles. The smallest absolute Gasteiger partial charge is 0.396 e. The fourth-order valence-electron chi connectivity index (χ4n) is 1.86. The van der Waals surface area contributed by atoms with Gasteiger partial charge in [-0.3, -0.25) is 4.79 Å². The van der Waals surface area contributed by atoms with Crippen molar-refractivity contribution in [3.63, 3.8) is 0 Å². The van der Waals surface area contributed by atoms with Crippen LogP contribution in [-0.2, 0) is 15.8 Å². The number of benzene rings is 1. The Bertz CT molecular complexity index is 917. The first-order valence-corrected chi connectivity index (χ1v) is 7.40. The lowest BCUT2D eigenvalue weighted by Crippen LogP contribution is -2.39. The Kier molecular flexibility index (Phi) is 5.73. The van der Waals surface area contributed by atoms with Crippen LogP contribution in [0.3, 0.4) is 0 Å². The summed E-state index contributed by atoms with van der Waals surface area (Å²) in [5, 5.41) is -0.442. The molecule has 0 fully saturated rings. The highest BCUT2D eigenvalue weighted by molar-refractivity contribution is 6.31. The van der Waals surface area contributed by atoms with Gasteiger partial charge in [-0.05, 0) is 24.3 Å². The Morgan fingerprint density at radius 3 is 2.29 bits per heavy atom. The molecule has 0 aliphatic carbocycles. The fourth-order valence-corrected chi connectivity index (χ4v) is 1.96. The third kappa shape index (κ3) is 4.82. The zero-order chi connectivity index (χ0) is 21.3. The van der Waals surface area contributed by atoms with Crippen molar-refractivity contribution >= 4 is 34.9 Å². The summed E-state index contributed by atoms with van der Waals surface area (Å²) < 4.78 is 76.1. The van der Waals surface area contributed by atoms with Crippen LogP contribution < -0.4 is 10.8 Å². The van der Waals surface area contributed by atoms with E-state index in [4.69, 9.17) is 17.3 Å². The molecule has 28 heavy (non-hydrogen) atoms. The van der Waals surface area contributed by atoms with E-state index >= 15 is 0 Å². The van der Waals surface area contributed by atoms with Gasteiger partial charge in [0.2, 0.25) is 0 Å². The van der Waals surface area contributed by atoms with Crippen molar-refractivity contribution in [2.24, 2.45) is 0 Å². The molecule has 6 nitrogen and oxygen atoms in total. The van der Waals surface area contributed by atoms with E-state index in [1.165, 1.54) is 0 Å². The van der Waals surface area contributed by atoms with Crippen LogP contribution in [0, 0.1) is 0 Å². The first-order chi connectivity index (χ1) is 12.8. The number of nitrogens with two attached hydrogens (primary N) is 1. The quantitative estimate of drug-likeness (QED) is 0.445. The zero-order valence-corrected chi connectivity index (χ0v) is 14.1. The molecule has 2 rings (SSSR count). The van der Waals surface area contributed by atoms with E-state index in [0.717, 1.165) is 24.4 Å². The number of halogens is 7. The Balaban J connectivity index is 2.50. The first kappa shape index (κ1) is 21.3. The van der Waals surface area contributed by atoms with E-state index in [-0.39, 0.29) is 15.9 Å². The third-order valence-corrected chi connectivity index (χ3v) is 3.43. The van der Waals surface area contributed by atoms with Crippen LogP contribution in [0.1, 0.15) is 15.9 Å². The van der Waals surface area contributed by atoms with Gasteiger partial charge in [0.25, 0.3) is 5.91 Å². The summed E-state index contributed by atoms with van der Waals surface area (Å²) in [6.07, 6.45) is -9.57. The number of alkyl halides is 6. The van der Waals surface area contributed by atoms with E-state index < -0.39 is 41.0 Å². The number of carbonyl (C=O) groups is 2. The lowest BCUT2D eigenvalue weighted by molar-refractivity contribution is -0.200. The van der Waals surface area contributed by atoms with Crippen molar-refractivity contribution in [1.29, 1.82) is 0 Å². The van der Waals surface area contributed by atoms with Crippen molar-refractivity contribution in [1.82, 2.24) is 4.98 Å². The second-order valence-electron chi connectivity index (χ2n) is 5.13. The molecule has 1 aromatic heterocycles. The second-order valence-corrected chi connectivity index (χ2v) is 5.49. The molecular formula is C15H8ClF6N3O3. The lowest BCUT2D eigenvalue weighted by Gasteiger charge is -2.22. The number of nitrogens with zero attached hydrogens (tertiary/aromatic N) is 2. The molecule has 1 amide bonds. The molecule has 1 heterocycles. The van der Waals surface area contributed by atoms with Crippen molar-refractivity contribution in [3.05, 3.63) is 52.8 Å². The summed E-state index contributed by atoms with van der Waals surface area (Å²) in [6.45, 7) is 0. The van der Waals surface area contributed by atoms with E-state index in [1.807, 2.05) is 0 Å². The van der Waals surface area contributed by atoms with Crippen LogP contribution in [0.15, 0.2) is 36.5 Å². The summed E-state index contributed by atoms with van der Waals surface area (Å²) in [6, 6.07) is 3.62. The maximum atomic E-state index is 12.8. The van der Waals surface area contributed by atoms with Gasteiger partial charge in [-0.1, -0.05) is 17.7 Å². The SMILES string of the molecule is Nc1cc(N(OC(=O)C(F)(F)F)C(=O)c2cccc(C(F)(F)F)c2)cnc1Cl. The largest absolute Gasteiger partial charge is 0.493 e. The maximum absolute atomic E-state index is 12.8. The number of hydrogen-bond donors (Lipinski definition) is 1. The maximum Gasteiger partial charge on any atom is 0.493 e. The second kappa shape index (κ2) is 7.54. The van der Waals surface area contributed by atoms with Crippen molar-refractivity contribution in [2.75, 3.05) is 10.8 Å². The number of rotatable bonds is 2. The van der Waals surface area contributed by atoms with Crippen LogP contribution in [0.2, 0.25) is 5.15 Å². The summed E-state index contributed by atoms with van der Waals surface area (Å²) in [5.74, 6) is -4.30. The van der Waals surface area contributed by atoms with Crippen molar-refractivity contribution in [3.8, 4) is 0 Å². The van der Waals surface area contributed by atoms with Gasteiger partial charge in [0.1, 0.15) is 5.69 Å². The number of amides is 1. The Morgan fingerprint density at radius 1 is 1.11 bits per heavy atom. The zero-order valence-electron chi connectivity index (χ0n) is 13.3. The van der Waals surface area contributed by atoms with E-state index in [2.05, 4.69) is 9.82 Å². The minimum absolute atomic E-state index is 0.176. The van der Waals surface area contributed by atoms with Crippen LogP contribution in [-0.4, -0.2) is 23.0 Å². The van der Waals surface area contributed by atoms with Crippen LogP contribution >= 0.6 is 11.6 Å². The molecule has 0 unspecified atom stereocenters. The minimum Gasteiger partial charge on any atom is -0.396 e. The third-order valence-electron chi connectivity index (χ3n) is 3.11. The van der Waals surface area contributed by atoms with Gasteiger partial charge in [-0.15, -0.1) is 5.06 Å². The van der Waals surface area contributed by atoms with Crippen LogP contribution in [0.5, 0.6) is 0 Å². The number of anilines is 2. The van der Waals surface area contributed by atoms with Gasteiger partial charge in [0, 0.05) is 5.56 Å². The fraction of sp³-hybridized carbons (Fsp3) is 0.133.